The van der Waals surface area contributed by atoms with Gasteiger partial charge in [0.2, 0.25) is 0 Å². The molecule has 3 aromatic carbocycles. The Morgan fingerprint density at radius 2 is 1.16 bits per heavy atom. The first-order valence-corrected chi connectivity index (χ1v) is 33.4. The van der Waals surface area contributed by atoms with Gasteiger partial charge >= 0.3 is 0 Å². The zero-order valence-corrected chi connectivity index (χ0v) is 54.5. The Bertz CT molecular complexity index is 3400. The van der Waals surface area contributed by atoms with Crippen molar-refractivity contribution in [1.29, 1.82) is 0 Å². The number of phenols is 1. The van der Waals surface area contributed by atoms with Crippen LogP contribution in [0.15, 0.2) is 115 Å². The van der Waals surface area contributed by atoms with Gasteiger partial charge in [-0.15, -0.1) is 10.9 Å². The molecule has 3 aromatic heterocycles. The third kappa shape index (κ3) is 21.4. The largest absolute Gasteiger partial charge is 0.875 e. The molecule has 0 radical (unpaired) electrons. The number of carbonyl (C=O) groups excluding carboxylic acids is 4. The fraction of sp³-hybridized carbons (Fsp3) is 0.471. The van der Waals surface area contributed by atoms with Crippen LogP contribution in [0.25, 0.3) is 5.57 Å². The third-order valence-electron chi connectivity index (χ3n) is 16.8. The van der Waals surface area contributed by atoms with Crippen molar-refractivity contribution in [1.82, 2.24) is 46.2 Å². The summed E-state index contributed by atoms with van der Waals surface area (Å²) >= 11 is 0. The molecule has 2 unspecified atom stereocenters. The van der Waals surface area contributed by atoms with Crippen LogP contribution in [0.5, 0.6) is 5.75 Å². The Kier molecular flexibility index (Phi) is 26.0. The minimum atomic E-state index is -4.20. The van der Waals surface area contributed by atoms with E-state index in [0.717, 1.165) is 79.1 Å². The molecule has 2 atom stereocenters. The summed E-state index contributed by atoms with van der Waals surface area (Å²) in [5.41, 5.74) is 7.47. The first-order valence-electron chi connectivity index (χ1n) is 31.8. The van der Waals surface area contributed by atoms with E-state index >= 15 is 0 Å². The fourth-order valence-electron chi connectivity index (χ4n) is 11.1. The van der Waals surface area contributed by atoms with E-state index in [-0.39, 0.29) is 71.0 Å². The van der Waals surface area contributed by atoms with Crippen LogP contribution in [0, 0.1) is 24.7 Å². The number of rotatable bonds is 19. The summed E-state index contributed by atoms with van der Waals surface area (Å²) in [4.78, 5) is 64.0. The molecule has 6 aliphatic rings. The first kappa shape index (κ1) is 70.2. The van der Waals surface area contributed by atoms with Gasteiger partial charge in [0, 0.05) is 82.0 Å². The number of nitrogens with zero attached hydrogens (tertiary/aromatic N) is 8. The van der Waals surface area contributed by atoms with E-state index in [1.165, 1.54) is 25.7 Å². The number of likely N-dealkylation sites (N-methyl/N-ethyl adjacent to an activating group) is 1. The van der Waals surface area contributed by atoms with Crippen molar-refractivity contribution in [2.45, 2.75) is 125 Å². The summed E-state index contributed by atoms with van der Waals surface area (Å²) in [6, 6.07) is 30.7. The van der Waals surface area contributed by atoms with Gasteiger partial charge in [0.1, 0.15) is 40.8 Å². The summed E-state index contributed by atoms with van der Waals surface area (Å²) in [6.07, 6.45) is 9.82. The number of aromatic hydroxyl groups is 1. The van der Waals surface area contributed by atoms with E-state index < -0.39 is 22.1 Å². The summed E-state index contributed by atoms with van der Waals surface area (Å²) in [5, 5.41) is 53.8. The molecule has 4 amide bonds. The molecular formula is C68H90N12O10S-2. The lowest BCUT2D eigenvalue weighted by molar-refractivity contribution is -0.903. The van der Waals surface area contributed by atoms with E-state index in [0.29, 0.717) is 78.9 Å². The smallest absolute Gasteiger partial charge is 0.270 e. The van der Waals surface area contributed by atoms with Gasteiger partial charge in [-0.05, 0) is 135 Å². The van der Waals surface area contributed by atoms with Crippen LogP contribution in [0.3, 0.4) is 0 Å². The molecule has 2 aliphatic carbocycles. The zero-order chi connectivity index (χ0) is 65.7. The van der Waals surface area contributed by atoms with Crippen molar-refractivity contribution in [3.8, 4) is 5.75 Å². The molecule has 1 fully saturated rings. The van der Waals surface area contributed by atoms with Gasteiger partial charge in [-0.3, -0.25) is 23.9 Å². The lowest BCUT2D eigenvalue weighted by Crippen LogP contribution is -2.47. The van der Waals surface area contributed by atoms with Crippen LogP contribution in [-0.4, -0.2) is 143 Å². The Hall–Kier alpha value is -8.25. The van der Waals surface area contributed by atoms with Gasteiger partial charge in [-0.25, -0.2) is 18.4 Å². The van der Waals surface area contributed by atoms with Crippen molar-refractivity contribution in [3.05, 3.63) is 166 Å². The first-order chi connectivity index (χ1) is 43.5. The quantitative estimate of drug-likeness (QED) is 0.0428. The molecule has 91 heavy (non-hydrogen) atoms. The second kappa shape index (κ2) is 33.7. The number of unbranched alkanes of at least 4 members (excludes halogenated alkanes) is 2. The highest BCUT2D eigenvalue weighted by molar-refractivity contribution is 7.85. The minimum absolute atomic E-state index is 0.0562. The van der Waals surface area contributed by atoms with E-state index in [1.807, 2.05) is 87.9 Å². The maximum absolute atomic E-state index is 12.7. The molecule has 6 aromatic rings. The van der Waals surface area contributed by atoms with Gasteiger partial charge in [0.05, 0.1) is 43.5 Å². The van der Waals surface area contributed by atoms with Gasteiger partial charge in [0.15, 0.2) is 0 Å². The van der Waals surface area contributed by atoms with Crippen LogP contribution in [0.4, 0.5) is 11.4 Å². The predicted octanol–water partition coefficient (Wildman–Crippen LogP) is 6.49. The van der Waals surface area contributed by atoms with Crippen molar-refractivity contribution >= 4 is 50.7 Å². The number of benzene rings is 3. The Labute approximate surface area is 535 Å². The predicted molar refractivity (Wildman–Crippen MR) is 346 cm³/mol. The minimum Gasteiger partial charge on any atom is -0.875 e. The topological polar surface area (TPSA) is 303 Å². The van der Waals surface area contributed by atoms with Crippen LogP contribution in [-0.2, 0) is 36.3 Å². The van der Waals surface area contributed by atoms with Crippen molar-refractivity contribution in [2.75, 3.05) is 75.5 Å². The van der Waals surface area contributed by atoms with E-state index in [1.54, 1.807) is 48.0 Å². The average Bonchev–Trinajstić information content (AvgIpc) is 1.21. The lowest BCUT2D eigenvalue weighted by atomic mass is 9.78. The molecule has 4 aliphatic heterocycles. The molecule has 1 saturated carbocycles. The Balaban J connectivity index is 0.000000209. The maximum atomic E-state index is 12.7. The molecule has 22 nitrogen and oxygen atoms in total. The van der Waals surface area contributed by atoms with Crippen LogP contribution in [0.2, 0.25) is 0 Å². The second-order valence-corrected chi connectivity index (χ2v) is 26.0. The molecule has 23 heteroatoms. The highest BCUT2D eigenvalue weighted by Gasteiger charge is 2.26. The number of hydrogen-bond acceptors (Lipinski definition) is 16. The number of phenolic OH excluding ortho intramolecular Hbond substituents is 1. The van der Waals surface area contributed by atoms with Crippen LogP contribution >= 0.6 is 0 Å². The molecule has 0 saturated heterocycles. The van der Waals surface area contributed by atoms with Crippen molar-refractivity contribution in [3.63, 3.8) is 0 Å². The Morgan fingerprint density at radius 1 is 0.670 bits per heavy atom. The molecule has 8 bridgehead atoms. The average molecular weight is 1270 g/mol. The van der Waals surface area contributed by atoms with Crippen LogP contribution < -0.4 is 41.3 Å². The number of nitrogens with one attached hydrogen (secondary N) is 4. The van der Waals surface area contributed by atoms with Crippen LogP contribution in [0.1, 0.15) is 155 Å². The molecular weight excluding hydrogens is 1180 g/mol. The number of hydrogen-bond donors (Lipinski definition) is 5. The normalized spacial score (nSPS) is 18.1. The number of quaternary nitrogens is 1. The number of anilines is 2. The summed E-state index contributed by atoms with van der Waals surface area (Å²) in [5.74, 6) is -1.12. The van der Waals surface area contributed by atoms with Gasteiger partial charge in [-0.1, -0.05) is 105 Å². The number of aryl methyl sites for hydroxylation is 1. The monoisotopic (exact) mass is 1270 g/mol. The van der Waals surface area contributed by atoms with Crippen molar-refractivity contribution < 1.29 is 52.0 Å². The molecule has 12 rings (SSSR count). The Morgan fingerprint density at radius 3 is 1.63 bits per heavy atom. The second-order valence-electron chi connectivity index (χ2n) is 24.5. The summed E-state index contributed by atoms with van der Waals surface area (Å²) in [7, 11) is -0.271. The fourth-order valence-corrected chi connectivity index (χ4v) is 11.6. The molecule has 5 N–H and O–H groups in total. The lowest BCUT2D eigenvalue weighted by Gasteiger charge is -2.49. The molecule has 0 spiro atoms. The SMILES string of the molecule is CCCCN(CCCC)c1ccc(C)c(O)c1.CCN(CCn1cc(C[N+](C)(C)CCCS(=O)(=O)[O-])nn1)c1ccc(C2=C([O-])C(C)C2[O-])cc1.O=C1NCc2ccc(cc2)CNC(=O)c2cccc(n2)C(=O)NCC2CCC(CC2)CNC(=O)c2cccc1n2. The number of aromatic nitrogens is 5. The van der Waals surface area contributed by atoms with Gasteiger partial charge in [0.25, 0.3) is 23.6 Å². The van der Waals surface area contributed by atoms with Gasteiger partial charge < -0.3 is 55.4 Å². The standard InChI is InChI=1S/C30H32N6O4.C23H35N5O5S.C15H25NO/c37-27-23-3-1-4-24(35-23)28(38)32-16-20-9-13-22(14-10-20)18-34-30(40)26-6-2-5-25(36-26)29(39)33-17-21-11-7-19(8-12-21)15-31-27;1-5-26(20-9-7-18(8-10-20)21-22(29)17(2)23(21)30)11-12-27-15-19(24-25-27)16-28(3,4)13-6-14-34(31,32)33;1-4-6-10-16(11-7-5-2)14-9-8-13(3)15(17)12-14/h1-8,11-12,20,22H,9-10,13-18H2,(H,31,37)(H,32,38)(H,33,39)(H,34,40);7-10,15,17,22,30H,5-6,11-14,16H2,1-4H3,(H,31,32,33);8-9,12,17H,4-7,10-11H2,1-3H3/p-2. The van der Waals surface area contributed by atoms with Crippen molar-refractivity contribution in [2.24, 2.45) is 17.8 Å². The highest BCUT2D eigenvalue weighted by Crippen LogP contribution is 2.37. The van der Waals surface area contributed by atoms with E-state index in [4.69, 9.17) is 0 Å². The number of amides is 4. The zero-order valence-electron chi connectivity index (χ0n) is 53.7. The molecule has 7 heterocycles. The molecule has 490 valence electrons. The summed E-state index contributed by atoms with van der Waals surface area (Å²) < 4.78 is 34.7. The van der Waals surface area contributed by atoms with E-state index in [9.17, 15) is 47.5 Å². The summed E-state index contributed by atoms with van der Waals surface area (Å²) in [6.45, 7) is 17.1. The number of pyridine rings is 2. The maximum Gasteiger partial charge on any atom is 0.270 e. The highest BCUT2D eigenvalue weighted by atomic mass is 32.2. The van der Waals surface area contributed by atoms with Gasteiger partial charge in [-0.2, -0.15) is 0 Å². The third-order valence-corrected chi connectivity index (χ3v) is 17.6. The number of carbonyl (C=O) groups is 4. The van der Waals surface area contributed by atoms with E-state index in [2.05, 4.69) is 78.2 Å².